The summed E-state index contributed by atoms with van der Waals surface area (Å²) in [6.45, 7) is 4.48. The van der Waals surface area contributed by atoms with Crippen molar-refractivity contribution in [3.05, 3.63) is 72.9 Å². The summed E-state index contributed by atoms with van der Waals surface area (Å²) < 4.78 is 39.5. The van der Waals surface area contributed by atoms with Crippen LogP contribution >= 0.6 is 7.82 Å². The maximum absolute atomic E-state index is 12.9. The molecular formula is C62H109O11P. The molecule has 11 nitrogen and oxygen atoms in total. The zero-order valence-corrected chi connectivity index (χ0v) is 48.2. The fourth-order valence-electron chi connectivity index (χ4n) is 8.08. The molecule has 0 aromatic carbocycles. The Morgan fingerprint density at radius 3 is 1.11 bits per heavy atom. The van der Waals surface area contributed by atoms with Gasteiger partial charge in [-0.2, -0.15) is 0 Å². The molecule has 0 aliphatic carbocycles. The maximum Gasteiger partial charge on any atom is 0.472 e. The van der Waals surface area contributed by atoms with Crippen LogP contribution in [0.15, 0.2) is 72.9 Å². The molecule has 0 aromatic heterocycles. The highest BCUT2D eigenvalue weighted by atomic mass is 31.2. The second-order valence-corrected chi connectivity index (χ2v) is 21.2. The number of phosphoric acid groups is 1. The van der Waals surface area contributed by atoms with Crippen molar-refractivity contribution in [2.75, 3.05) is 26.4 Å². The lowest BCUT2D eigenvalue weighted by Crippen LogP contribution is -2.30. The van der Waals surface area contributed by atoms with E-state index in [9.17, 15) is 28.9 Å². The smallest absolute Gasteiger partial charge is 0.462 e. The molecule has 0 heterocycles. The first-order chi connectivity index (χ1) is 36.2. The van der Waals surface area contributed by atoms with Gasteiger partial charge in [0.1, 0.15) is 12.7 Å². The number of aliphatic hydroxyl groups is 1. The zero-order chi connectivity index (χ0) is 54.1. The van der Waals surface area contributed by atoms with Crippen molar-refractivity contribution in [2.24, 2.45) is 0 Å². The normalized spacial score (nSPS) is 13.9. The Labute approximate surface area is 452 Å². The molecule has 0 radical (unpaired) electrons. The van der Waals surface area contributed by atoms with Crippen molar-refractivity contribution >= 4 is 25.7 Å². The van der Waals surface area contributed by atoms with Gasteiger partial charge in [-0.25, -0.2) is 4.57 Å². The van der Waals surface area contributed by atoms with E-state index in [2.05, 4.69) is 93.7 Å². The van der Waals surface area contributed by atoms with Crippen molar-refractivity contribution in [3.8, 4) is 0 Å². The van der Waals surface area contributed by atoms with E-state index in [1.54, 1.807) is 0 Å². The molecule has 428 valence electrons. The Morgan fingerprint density at radius 2 is 0.703 bits per heavy atom. The Bertz CT molecular complexity index is 1520. The standard InChI is InChI=1S/C62H109O11P/c1-4-7-10-13-16-19-21-23-25-27-29-31-33-35-37-40-42-45-48-51-60(64)69-55-59(57-71-74(67,68)70-56-58(54-63)72-61(65)52-49-46-43-39-18-15-12-9-6-3)73-62(66)53-50-47-44-41-38-36-34-32-30-28-26-24-22-20-17-14-11-8-5-2/h7,10,16-17,19-20,23-26,29,31,58-59,63H,4-6,8-9,11-15,18,21-22,27-28,30,32-57H2,1-3H3,(H,67,68)/b10-7-,19-16-,20-17-,25-23-,26-24-,31-29-. The number of allylic oxidation sites excluding steroid dienone is 12. The molecule has 74 heavy (non-hydrogen) atoms. The molecule has 0 fully saturated rings. The molecule has 0 saturated heterocycles. The average molecular weight is 1060 g/mol. The number of aliphatic hydroxyl groups excluding tert-OH is 1. The van der Waals surface area contributed by atoms with Gasteiger partial charge in [0.15, 0.2) is 6.10 Å². The fraction of sp³-hybridized carbons (Fsp3) is 0.758. The van der Waals surface area contributed by atoms with E-state index in [0.29, 0.717) is 19.3 Å². The quantitative estimate of drug-likeness (QED) is 0.0197. The molecule has 3 unspecified atom stereocenters. The van der Waals surface area contributed by atoms with Gasteiger partial charge in [0.05, 0.1) is 19.8 Å². The van der Waals surface area contributed by atoms with E-state index < -0.39 is 57.8 Å². The SMILES string of the molecule is CC/C=C\C/C=C\C/C=C\C/C=C\CCCCCCCCC(=O)OCC(COP(=O)(O)OCC(CO)OC(=O)CCCCCCCCCCC)OC(=O)CCCCCCCCCCC/C=C\C/C=C\CCCCC. The molecule has 0 amide bonds. The third-order valence-electron chi connectivity index (χ3n) is 12.6. The molecule has 0 aliphatic rings. The lowest BCUT2D eigenvalue weighted by molar-refractivity contribution is -0.161. The number of carbonyl (C=O) groups excluding carboxylic acids is 3. The summed E-state index contributed by atoms with van der Waals surface area (Å²) in [6.07, 6.45) is 62.9. The molecular weight excluding hydrogens is 952 g/mol. The van der Waals surface area contributed by atoms with Crippen LogP contribution in [0, 0.1) is 0 Å². The second-order valence-electron chi connectivity index (χ2n) is 19.8. The summed E-state index contributed by atoms with van der Waals surface area (Å²) in [4.78, 5) is 48.5. The molecule has 0 bridgehead atoms. The molecule has 0 aliphatic heterocycles. The van der Waals surface area contributed by atoms with Gasteiger partial charge in [0.25, 0.3) is 0 Å². The first kappa shape index (κ1) is 70.9. The number of ether oxygens (including phenoxy) is 3. The van der Waals surface area contributed by atoms with E-state index in [1.807, 2.05) is 0 Å². The lowest BCUT2D eigenvalue weighted by atomic mass is 10.1. The minimum absolute atomic E-state index is 0.159. The van der Waals surface area contributed by atoms with Crippen molar-refractivity contribution in [1.29, 1.82) is 0 Å². The van der Waals surface area contributed by atoms with Gasteiger partial charge in [-0.1, -0.05) is 229 Å². The minimum atomic E-state index is -4.75. The molecule has 2 N–H and O–H groups in total. The Morgan fingerprint density at radius 1 is 0.392 bits per heavy atom. The van der Waals surface area contributed by atoms with Crippen LogP contribution < -0.4 is 0 Å². The third-order valence-corrected chi connectivity index (χ3v) is 13.6. The Balaban J connectivity index is 4.72. The van der Waals surface area contributed by atoms with Gasteiger partial charge in [-0.3, -0.25) is 23.4 Å². The van der Waals surface area contributed by atoms with Gasteiger partial charge in [0, 0.05) is 19.3 Å². The first-order valence-electron chi connectivity index (χ1n) is 29.8. The predicted molar refractivity (Wildman–Crippen MR) is 307 cm³/mol. The summed E-state index contributed by atoms with van der Waals surface area (Å²) in [5.41, 5.74) is 0. The van der Waals surface area contributed by atoms with Gasteiger partial charge in [-0.15, -0.1) is 0 Å². The summed E-state index contributed by atoms with van der Waals surface area (Å²) in [6, 6.07) is 0. The van der Waals surface area contributed by atoms with Crippen LogP contribution in [0.5, 0.6) is 0 Å². The van der Waals surface area contributed by atoms with E-state index in [4.69, 9.17) is 23.3 Å². The molecule has 12 heteroatoms. The Hall–Kier alpha value is -3.08. The van der Waals surface area contributed by atoms with Crippen LogP contribution in [-0.4, -0.2) is 66.5 Å². The third kappa shape index (κ3) is 53.7. The number of hydrogen-bond acceptors (Lipinski definition) is 10. The molecule has 3 atom stereocenters. The highest BCUT2D eigenvalue weighted by Crippen LogP contribution is 2.43. The van der Waals surface area contributed by atoms with Gasteiger partial charge in [0.2, 0.25) is 0 Å². The van der Waals surface area contributed by atoms with Crippen molar-refractivity contribution in [1.82, 2.24) is 0 Å². The van der Waals surface area contributed by atoms with Crippen LogP contribution in [0.1, 0.15) is 265 Å². The van der Waals surface area contributed by atoms with Crippen LogP contribution in [-0.2, 0) is 42.2 Å². The largest absolute Gasteiger partial charge is 0.472 e. The van der Waals surface area contributed by atoms with Crippen molar-refractivity contribution in [3.63, 3.8) is 0 Å². The first-order valence-corrected chi connectivity index (χ1v) is 31.3. The number of esters is 3. The number of phosphoric ester groups is 1. The number of carbonyl (C=O) groups is 3. The highest BCUT2D eigenvalue weighted by Gasteiger charge is 2.28. The van der Waals surface area contributed by atoms with Crippen LogP contribution in [0.3, 0.4) is 0 Å². The topological polar surface area (TPSA) is 155 Å². The van der Waals surface area contributed by atoms with E-state index in [-0.39, 0.29) is 25.9 Å². The fourth-order valence-corrected chi connectivity index (χ4v) is 8.87. The molecule has 0 aromatic rings. The van der Waals surface area contributed by atoms with E-state index >= 15 is 0 Å². The second kappa shape index (κ2) is 56.1. The highest BCUT2D eigenvalue weighted by molar-refractivity contribution is 7.47. The lowest BCUT2D eigenvalue weighted by Gasteiger charge is -2.21. The predicted octanol–water partition coefficient (Wildman–Crippen LogP) is 17.7. The van der Waals surface area contributed by atoms with Crippen LogP contribution in [0.2, 0.25) is 0 Å². The summed E-state index contributed by atoms with van der Waals surface area (Å²) in [7, 11) is -4.75. The van der Waals surface area contributed by atoms with E-state index in [0.717, 1.165) is 116 Å². The monoisotopic (exact) mass is 1060 g/mol. The van der Waals surface area contributed by atoms with E-state index in [1.165, 1.54) is 89.9 Å². The van der Waals surface area contributed by atoms with Crippen LogP contribution in [0.4, 0.5) is 0 Å². The summed E-state index contributed by atoms with van der Waals surface area (Å²) in [5, 5.41) is 9.78. The number of rotatable bonds is 55. The zero-order valence-electron chi connectivity index (χ0n) is 47.3. The minimum Gasteiger partial charge on any atom is -0.462 e. The van der Waals surface area contributed by atoms with Crippen LogP contribution in [0.25, 0.3) is 0 Å². The average Bonchev–Trinajstić information content (AvgIpc) is 3.39. The van der Waals surface area contributed by atoms with Gasteiger partial charge in [-0.05, 0) is 89.9 Å². The molecule has 0 rings (SSSR count). The van der Waals surface area contributed by atoms with Crippen molar-refractivity contribution < 1.29 is 52.2 Å². The van der Waals surface area contributed by atoms with Crippen molar-refractivity contribution in [2.45, 2.75) is 277 Å². The number of hydrogen-bond donors (Lipinski definition) is 2. The number of unbranched alkanes of at least 4 members (excludes halogenated alkanes) is 26. The molecule has 0 saturated carbocycles. The van der Waals surface area contributed by atoms with Gasteiger partial charge < -0.3 is 24.2 Å². The summed E-state index contributed by atoms with van der Waals surface area (Å²) >= 11 is 0. The molecule has 0 spiro atoms. The Kier molecular flexibility index (Phi) is 53.8. The maximum atomic E-state index is 12.9. The van der Waals surface area contributed by atoms with Gasteiger partial charge >= 0.3 is 25.7 Å². The summed E-state index contributed by atoms with van der Waals surface area (Å²) in [5.74, 6) is -1.48.